The molecule has 0 spiro atoms. The Kier molecular flexibility index (Phi) is 18.3. The molecular weight excluding hydrogens is 363 g/mol. The van der Waals surface area contributed by atoms with Crippen LogP contribution in [0.4, 0.5) is 0 Å². The van der Waals surface area contributed by atoms with E-state index in [0.717, 1.165) is 51.4 Å². The van der Waals surface area contributed by atoms with Crippen molar-refractivity contribution < 1.29 is 36.6 Å². The largest absolute Gasteiger partial charge is 2.00 e. The Morgan fingerprint density at radius 3 is 1.12 bits per heavy atom. The van der Waals surface area contributed by atoms with Crippen molar-refractivity contribution >= 4 is 11.9 Å². The predicted molar refractivity (Wildman–Crippen MR) is 95.1 cm³/mol. The molecule has 0 fully saturated rings. The quantitative estimate of drug-likeness (QED) is 0.469. The molecule has 0 aromatic heterocycles. The Morgan fingerprint density at radius 1 is 0.680 bits per heavy atom. The Labute approximate surface area is 165 Å². The van der Waals surface area contributed by atoms with Gasteiger partial charge in [-0.3, -0.25) is 0 Å². The van der Waals surface area contributed by atoms with Crippen LogP contribution in [0, 0.1) is 10.8 Å². The molecule has 0 bridgehead atoms. The molecule has 0 aliphatic rings. The van der Waals surface area contributed by atoms with Crippen molar-refractivity contribution in [2.24, 2.45) is 10.8 Å². The summed E-state index contributed by atoms with van der Waals surface area (Å²) in [7, 11) is 0. The van der Waals surface area contributed by atoms with E-state index in [4.69, 9.17) is 0 Å². The molecule has 0 N–H and O–H groups in total. The van der Waals surface area contributed by atoms with Crippen LogP contribution in [0.25, 0.3) is 0 Å². The fourth-order valence-corrected chi connectivity index (χ4v) is 2.38. The van der Waals surface area contributed by atoms with Gasteiger partial charge in [0.15, 0.2) is 0 Å². The molecule has 5 heteroatoms. The van der Waals surface area contributed by atoms with Gasteiger partial charge in [0.05, 0.1) is 0 Å². The van der Waals surface area contributed by atoms with Crippen molar-refractivity contribution in [3.63, 3.8) is 0 Å². The van der Waals surface area contributed by atoms with Crippen molar-refractivity contribution in [3.05, 3.63) is 0 Å². The van der Waals surface area contributed by atoms with Crippen molar-refractivity contribution in [3.8, 4) is 0 Å². The number of carboxylic acids is 2. The van der Waals surface area contributed by atoms with Gasteiger partial charge in [0.1, 0.15) is 0 Å². The first kappa shape index (κ1) is 29.2. The summed E-state index contributed by atoms with van der Waals surface area (Å²) >= 11 is 0. The van der Waals surface area contributed by atoms with Gasteiger partial charge in [-0.25, -0.2) is 0 Å². The molecule has 2 unspecified atom stereocenters. The summed E-state index contributed by atoms with van der Waals surface area (Å²) in [5.74, 6) is -1.80. The van der Waals surface area contributed by atoms with E-state index in [1.165, 1.54) is 0 Å². The fraction of sp³-hybridized carbons (Fsp3) is 0.900. The van der Waals surface area contributed by atoms with Crippen molar-refractivity contribution in [2.45, 2.75) is 106 Å². The zero-order valence-corrected chi connectivity index (χ0v) is 18.1. The number of unbranched alkanes of at least 4 members (excludes halogenated alkanes) is 4. The van der Waals surface area contributed by atoms with Crippen LogP contribution in [0.3, 0.4) is 0 Å². The molecule has 4 nitrogen and oxygen atoms in total. The second kappa shape index (κ2) is 15.7. The monoisotopic (exact) mass is 401 g/mol. The first-order chi connectivity index (χ1) is 11.1. The van der Waals surface area contributed by atoms with Crippen LogP contribution in [-0.4, -0.2) is 11.9 Å². The van der Waals surface area contributed by atoms with E-state index < -0.39 is 22.8 Å². The second-order valence-electron chi connectivity index (χ2n) is 7.32. The standard InChI is InChI=1S/2C10H20O2.Co/c2*1-4-6-7-8-10(3,5-2)9(11)12;/h2*4-8H2,1-3H3,(H,11,12);/q;;+2/p-2. The third-order valence-electron chi connectivity index (χ3n) is 5.21. The third kappa shape index (κ3) is 12.4. The van der Waals surface area contributed by atoms with Crippen LogP contribution in [0.5, 0.6) is 0 Å². The number of rotatable bonds is 12. The minimum Gasteiger partial charge on any atom is -0.550 e. The average Bonchev–Trinajstić information content (AvgIpc) is 2.55. The van der Waals surface area contributed by atoms with Crippen LogP contribution in [-0.2, 0) is 26.4 Å². The normalized spacial score (nSPS) is 15.0. The summed E-state index contributed by atoms with van der Waals surface area (Å²) in [5, 5.41) is 21.5. The summed E-state index contributed by atoms with van der Waals surface area (Å²) in [4.78, 5) is 21.5. The Bertz CT molecular complexity index is 326. The predicted octanol–water partition coefficient (Wildman–Crippen LogP) is 3.46. The van der Waals surface area contributed by atoms with Gasteiger partial charge in [-0.2, -0.15) is 0 Å². The SMILES string of the molecule is CCCCCC(C)(CC)C(=O)[O-].CCCCCC(C)(CC)C(=O)[O-].[Co+2]. The van der Waals surface area contributed by atoms with Crippen molar-refractivity contribution in [2.75, 3.05) is 0 Å². The number of hydrogen-bond donors (Lipinski definition) is 0. The summed E-state index contributed by atoms with van der Waals surface area (Å²) in [6.07, 6.45) is 9.31. The van der Waals surface area contributed by atoms with E-state index in [1.807, 2.05) is 13.8 Å². The van der Waals surface area contributed by atoms with Gasteiger partial charge in [0.2, 0.25) is 0 Å². The van der Waals surface area contributed by atoms with E-state index in [9.17, 15) is 19.8 Å². The summed E-state index contributed by atoms with van der Waals surface area (Å²) < 4.78 is 0. The number of hydrogen-bond acceptors (Lipinski definition) is 4. The summed E-state index contributed by atoms with van der Waals surface area (Å²) in [6, 6.07) is 0. The van der Waals surface area contributed by atoms with E-state index in [-0.39, 0.29) is 16.8 Å². The molecule has 0 heterocycles. The number of aliphatic carboxylic acids is 2. The van der Waals surface area contributed by atoms with Crippen LogP contribution in [0.2, 0.25) is 0 Å². The summed E-state index contributed by atoms with van der Waals surface area (Å²) in [6.45, 7) is 11.6. The minimum absolute atomic E-state index is 0. The molecule has 0 aliphatic heterocycles. The fourth-order valence-electron chi connectivity index (χ4n) is 2.38. The van der Waals surface area contributed by atoms with E-state index in [0.29, 0.717) is 12.8 Å². The second-order valence-corrected chi connectivity index (χ2v) is 7.32. The number of carbonyl (C=O) groups excluding carboxylic acids is 2. The van der Waals surface area contributed by atoms with Gasteiger partial charge in [-0.05, 0) is 25.7 Å². The van der Waals surface area contributed by atoms with Gasteiger partial charge in [0, 0.05) is 22.8 Å². The average molecular weight is 401 g/mol. The van der Waals surface area contributed by atoms with E-state index in [2.05, 4.69) is 13.8 Å². The van der Waals surface area contributed by atoms with Gasteiger partial charge >= 0.3 is 16.8 Å². The van der Waals surface area contributed by atoms with E-state index in [1.54, 1.807) is 13.8 Å². The van der Waals surface area contributed by atoms with Crippen molar-refractivity contribution in [1.29, 1.82) is 0 Å². The van der Waals surface area contributed by atoms with Crippen LogP contribution in [0.1, 0.15) is 106 Å². The molecule has 0 aromatic carbocycles. The smallest absolute Gasteiger partial charge is 0.550 e. The maximum Gasteiger partial charge on any atom is 2.00 e. The van der Waals surface area contributed by atoms with E-state index >= 15 is 0 Å². The first-order valence-corrected chi connectivity index (χ1v) is 9.56. The zero-order chi connectivity index (χ0) is 19.2. The molecule has 0 aliphatic carbocycles. The molecular formula is C20H38CoO4. The maximum atomic E-state index is 10.7. The van der Waals surface area contributed by atoms with Crippen LogP contribution < -0.4 is 10.2 Å². The molecule has 0 saturated carbocycles. The van der Waals surface area contributed by atoms with Gasteiger partial charge in [-0.1, -0.05) is 80.1 Å². The minimum atomic E-state index is -0.902. The summed E-state index contributed by atoms with van der Waals surface area (Å²) in [5.41, 5.74) is -1.20. The van der Waals surface area contributed by atoms with Crippen LogP contribution in [0.15, 0.2) is 0 Å². The molecule has 0 saturated heterocycles. The number of carboxylic acid groups (broad SMARTS) is 2. The van der Waals surface area contributed by atoms with Crippen molar-refractivity contribution in [1.82, 2.24) is 0 Å². The molecule has 1 radical (unpaired) electrons. The Hall–Kier alpha value is -0.554. The van der Waals surface area contributed by atoms with Gasteiger partial charge in [0.25, 0.3) is 0 Å². The topological polar surface area (TPSA) is 80.3 Å². The third-order valence-corrected chi connectivity index (χ3v) is 5.21. The zero-order valence-electron chi connectivity index (χ0n) is 17.0. The molecule has 0 rings (SSSR count). The molecule has 151 valence electrons. The Morgan fingerprint density at radius 2 is 0.960 bits per heavy atom. The van der Waals surface area contributed by atoms with Crippen LogP contribution >= 0.6 is 0 Å². The Balaban J connectivity index is -0.000000372. The molecule has 25 heavy (non-hydrogen) atoms. The maximum absolute atomic E-state index is 10.7. The van der Waals surface area contributed by atoms with Gasteiger partial charge in [-0.15, -0.1) is 0 Å². The first-order valence-electron chi connectivity index (χ1n) is 9.56. The molecule has 0 aromatic rings. The molecule has 0 amide bonds. The molecule has 2 atom stereocenters. The van der Waals surface area contributed by atoms with Gasteiger partial charge < -0.3 is 19.8 Å². The number of carbonyl (C=O) groups is 2.